The molecule has 4 nitrogen and oxygen atoms in total. The van der Waals surface area contributed by atoms with Crippen molar-refractivity contribution in [2.24, 2.45) is 0 Å². The van der Waals surface area contributed by atoms with Crippen LogP contribution in [0.3, 0.4) is 0 Å². The van der Waals surface area contributed by atoms with Crippen molar-refractivity contribution in [2.75, 3.05) is 7.05 Å². The predicted molar refractivity (Wildman–Crippen MR) is 72.3 cm³/mol. The smallest absolute Gasteiger partial charge is 0.286 e. The summed E-state index contributed by atoms with van der Waals surface area (Å²) in [6.45, 7) is 4.32. The number of carbonyl (C=O) groups is 1. The van der Waals surface area contributed by atoms with Crippen LogP contribution >= 0.6 is 0 Å². The highest BCUT2D eigenvalue weighted by Gasteiger charge is 2.09. The van der Waals surface area contributed by atoms with E-state index >= 15 is 0 Å². The topological polar surface area (TPSA) is 51.5 Å². The first-order valence-corrected chi connectivity index (χ1v) is 6.11. The maximum Gasteiger partial charge on any atom is 0.286 e. The molecule has 0 radical (unpaired) electrons. The van der Waals surface area contributed by atoms with Crippen LogP contribution in [0.5, 0.6) is 5.75 Å². The van der Waals surface area contributed by atoms with Gasteiger partial charge >= 0.3 is 0 Å². The molecule has 1 heterocycles. The van der Waals surface area contributed by atoms with Gasteiger partial charge in [0, 0.05) is 7.05 Å². The van der Waals surface area contributed by atoms with Gasteiger partial charge in [0.2, 0.25) is 0 Å². The summed E-state index contributed by atoms with van der Waals surface area (Å²) in [5.41, 5.74) is 2.22. The Kier molecular flexibility index (Phi) is 3.90. The van der Waals surface area contributed by atoms with Crippen molar-refractivity contribution in [3.05, 3.63) is 53.0 Å². The third-order valence-electron chi connectivity index (χ3n) is 2.83. The molecule has 2 aromatic rings. The minimum atomic E-state index is -0.238. The number of hydrogen-bond donors (Lipinski definition) is 1. The summed E-state index contributed by atoms with van der Waals surface area (Å²) >= 11 is 0. The van der Waals surface area contributed by atoms with Crippen LogP contribution in [-0.2, 0) is 6.61 Å². The molecule has 1 amide bonds. The number of nitrogens with one attached hydrogen (secondary N) is 1. The molecule has 0 saturated heterocycles. The lowest BCUT2D eigenvalue weighted by molar-refractivity contribution is 0.0931. The van der Waals surface area contributed by atoms with E-state index in [0.717, 1.165) is 16.9 Å². The zero-order chi connectivity index (χ0) is 13.8. The molecule has 0 fully saturated rings. The maximum absolute atomic E-state index is 11.4. The molecule has 100 valence electrons. The van der Waals surface area contributed by atoms with E-state index in [1.165, 1.54) is 0 Å². The van der Waals surface area contributed by atoms with E-state index in [9.17, 15) is 4.79 Å². The molecule has 0 aliphatic heterocycles. The third-order valence-corrected chi connectivity index (χ3v) is 2.83. The highest BCUT2D eigenvalue weighted by atomic mass is 16.5. The fourth-order valence-corrected chi connectivity index (χ4v) is 1.71. The number of ether oxygens (including phenoxy) is 1. The molecule has 4 heteroatoms. The molecule has 1 aromatic carbocycles. The van der Waals surface area contributed by atoms with Crippen LogP contribution in [0.1, 0.15) is 27.4 Å². The summed E-state index contributed by atoms with van der Waals surface area (Å²) in [4.78, 5) is 11.4. The van der Waals surface area contributed by atoms with Crippen LogP contribution in [-0.4, -0.2) is 13.0 Å². The van der Waals surface area contributed by atoms with Gasteiger partial charge in [0.1, 0.15) is 18.1 Å². The summed E-state index contributed by atoms with van der Waals surface area (Å²) in [5.74, 6) is 1.51. The molecule has 0 atom stereocenters. The Hall–Kier alpha value is -2.23. The lowest BCUT2D eigenvalue weighted by Gasteiger charge is -2.08. The Labute approximate surface area is 112 Å². The van der Waals surface area contributed by atoms with Crippen LogP contribution in [0.4, 0.5) is 0 Å². The standard InChI is InChI=1S/C15H17NO3/c1-10-4-5-11(2)14(8-10)18-9-12-6-7-13(19-12)15(17)16-3/h4-8H,9H2,1-3H3,(H,16,17). The second kappa shape index (κ2) is 5.61. The fraction of sp³-hybridized carbons (Fsp3) is 0.267. The second-order valence-electron chi connectivity index (χ2n) is 4.40. The number of rotatable bonds is 4. The van der Waals surface area contributed by atoms with Crippen LogP contribution < -0.4 is 10.1 Å². The SMILES string of the molecule is CNC(=O)c1ccc(COc2cc(C)ccc2C)o1. The fourth-order valence-electron chi connectivity index (χ4n) is 1.71. The summed E-state index contributed by atoms with van der Waals surface area (Å²) < 4.78 is 11.1. The summed E-state index contributed by atoms with van der Waals surface area (Å²) in [6, 6.07) is 9.43. The van der Waals surface area contributed by atoms with Gasteiger partial charge in [0.15, 0.2) is 5.76 Å². The average molecular weight is 259 g/mol. The minimum Gasteiger partial charge on any atom is -0.485 e. The number of carbonyl (C=O) groups excluding carboxylic acids is 1. The highest BCUT2D eigenvalue weighted by Crippen LogP contribution is 2.20. The van der Waals surface area contributed by atoms with E-state index in [1.54, 1.807) is 19.2 Å². The van der Waals surface area contributed by atoms with Gasteiger partial charge in [-0.3, -0.25) is 4.79 Å². The Morgan fingerprint density at radius 2 is 2.05 bits per heavy atom. The van der Waals surface area contributed by atoms with Gasteiger partial charge < -0.3 is 14.5 Å². The van der Waals surface area contributed by atoms with E-state index in [0.29, 0.717) is 18.1 Å². The molecule has 0 unspecified atom stereocenters. The average Bonchev–Trinajstić information content (AvgIpc) is 2.88. The molecule has 0 bridgehead atoms. The molecule has 0 saturated carbocycles. The first kappa shape index (κ1) is 13.2. The van der Waals surface area contributed by atoms with Crippen molar-refractivity contribution >= 4 is 5.91 Å². The quantitative estimate of drug-likeness (QED) is 0.918. The molecule has 1 N–H and O–H groups in total. The molecule has 0 aliphatic rings. The summed E-state index contributed by atoms with van der Waals surface area (Å²) in [6.07, 6.45) is 0. The molecular formula is C15H17NO3. The second-order valence-corrected chi connectivity index (χ2v) is 4.40. The van der Waals surface area contributed by atoms with Gasteiger partial charge in [0.25, 0.3) is 5.91 Å². The monoisotopic (exact) mass is 259 g/mol. The molecule has 0 aliphatic carbocycles. The Bertz CT molecular complexity index is 587. The van der Waals surface area contributed by atoms with Crippen molar-refractivity contribution in [3.63, 3.8) is 0 Å². The van der Waals surface area contributed by atoms with Crippen molar-refractivity contribution in [1.82, 2.24) is 5.32 Å². The van der Waals surface area contributed by atoms with E-state index in [-0.39, 0.29) is 5.91 Å². The van der Waals surface area contributed by atoms with Crippen LogP contribution in [0, 0.1) is 13.8 Å². The number of benzene rings is 1. The summed E-state index contributed by atoms with van der Waals surface area (Å²) in [7, 11) is 1.57. The van der Waals surface area contributed by atoms with Gasteiger partial charge in [0.05, 0.1) is 0 Å². The van der Waals surface area contributed by atoms with Crippen LogP contribution in [0.15, 0.2) is 34.7 Å². The van der Waals surface area contributed by atoms with Crippen molar-refractivity contribution in [2.45, 2.75) is 20.5 Å². The van der Waals surface area contributed by atoms with Gasteiger partial charge in [-0.2, -0.15) is 0 Å². The highest BCUT2D eigenvalue weighted by molar-refractivity contribution is 5.91. The van der Waals surface area contributed by atoms with Gasteiger partial charge in [-0.25, -0.2) is 0 Å². The molecule has 2 rings (SSSR count). The third kappa shape index (κ3) is 3.16. The number of furan rings is 1. The van der Waals surface area contributed by atoms with Crippen LogP contribution in [0.2, 0.25) is 0 Å². The molecular weight excluding hydrogens is 242 g/mol. The van der Waals surface area contributed by atoms with Gasteiger partial charge in [-0.05, 0) is 43.2 Å². The minimum absolute atomic E-state index is 0.238. The van der Waals surface area contributed by atoms with Crippen LogP contribution in [0.25, 0.3) is 0 Å². The first-order valence-electron chi connectivity index (χ1n) is 6.11. The van der Waals surface area contributed by atoms with Gasteiger partial charge in [-0.15, -0.1) is 0 Å². The largest absolute Gasteiger partial charge is 0.485 e. The zero-order valence-corrected chi connectivity index (χ0v) is 11.3. The van der Waals surface area contributed by atoms with E-state index in [2.05, 4.69) is 5.32 Å². The number of aryl methyl sites for hydroxylation is 2. The van der Waals surface area contributed by atoms with Crippen molar-refractivity contribution in [1.29, 1.82) is 0 Å². The Morgan fingerprint density at radius 1 is 1.26 bits per heavy atom. The van der Waals surface area contributed by atoms with E-state index < -0.39 is 0 Å². The molecule has 19 heavy (non-hydrogen) atoms. The van der Waals surface area contributed by atoms with E-state index in [1.807, 2.05) is 32.0 Å². The predicted octanol–water partition coefficient (Wildman–Crippen LogP) is 2.84. The van der Waals surface area contributed by atoms with Gasteiger partial charge in [-0.1, -0.05) is 12.1 Å². The summed E-state index contributed by atoms with van der Waals surface area (Å²) in [5, 5.41) is 2.51. The lowest BCUT2D eigenvalue weighted by atomic mass is 10.1. The van der Waals surface area contributed by atoms with Crippen molar-refractivity contribution < 1.29 is 13.9 Å². The molecule has 0 spiro atoms. The Morgan fingerprint density at radius 3 is 2.79 bits per heavy atom. The Balaban J connectivity index is 2.04. The lowest BCUT2D eigenvalue weighted by Crippen LogP contribution is -2.16. The van der Waals surface area contributed by atoms with E-state index in [4.69, 9.17) is 9.15 Å². The maximum atomic E-state index is 11.4. The normalized spacial score (nSPS) is 10.3. The number of hydrogen-bond acceptors (Lipinski definition) is 3. The van der Waals surface area contributed by atoms with Crippen molar-refractivity contribution in [3.8, 4) is 5.75 Å². The molecule has 1 aromatic heterocycles. The number of amides is 1. The zero-order valence-electron chi connectivity index (χ0n) is 11.3. The first-order chi connectivity index (χ1) is 9.10.